The van der Waals surface area contributed by atoms with Crippen LogP contribution in [0, 0.1) is 0 Å². The Labute approximate surface area is 132 Å². The summed E-state index contributed by atoms with van der Waals surface area (Å²) in [4.78, 5) is 7.39. The van der Waals surface area contributed by atoms with Crippen LogP contribution in [0.4, 0.5) is 5.69 Å². The Kier molecular flexibility index (Phi) is 5.00. The highest BCUT2D eigenvalue weighted by Crippen LogP contribution is 2.30. The second-order valence-corrected chi connectivity index (χ2v) is 6.61. The SMILES string of the molecule is CNCc1cc(Cl)cc(S(=O)(=O)Nc2cncnc2)c1Cl. The molecule has 0 atom stereocenters. The third kappa shape index (κ3) is 3.82. The van der Waals surface area contributed by atoms with E-state index in [1.807, 2.05) is 0 Å². The standard InChI is InChI=1S/C12H12Cl2N4O2S/c1-15-4-8-2-9(13)3-11(12(8)14)21(19,20)18-10-5-16-7-17-6-10/h2-3,5-7,15,18H,4H2,1H3. The van der Waals surface area contributed by atoms with Crippen molar-refractivity contribution < 1.29 is 8.42 Å². The Morgan fingerprint density at radius 3 is 2.48 bits per heavy atom. The van der Waals surface area contributed by atoms with E-state index in [4.69, 9.17) is 23.2 Å². The second kappa shape index (κ2) is 6.57. The molecule has 1 aromatic carbocycles. The van der Waals surface area contributed by atoms with E-state index < -0.39 is 10.0 Å². The Bertz CT molecular complexity index is 738. The zero-order valence-corrected chi connectivity index (χ0v) is 13.3. The van der Waals surface area contributed by atoms with Crippen molar-refractivity contribution in [2.75, 3.05) is 11.8 Å². The monoisotopic (exact) mass is 346 g/mol. The molecule has 6 nitrogen and oxygen atoms in total. The van der Waals surface area contributed by atoms with E-state index in [0.717, 1.165) is 0 Å². The molecule has 0 radical (unpaired) electrons. The van der Waals surface area contributed by atoms with Gasteiger partial charge in [-0.05, 0) is 24.7 Å². The molecular weight excluding hydrogens is 335 g/mol. The number of hydrogen-bond acceptors (Lipinski definition) is 5. The number of anilines is 1. The molecule has 0 aliphatic heterocycles. The fourth-order valence-electron chi connectivity index (χ4n) is 1.69. The first-order chi connectivity index (χ1) is 9.94. The largest absolute Gasteiger partial charge is 0.316 e. The van der Waals surface area contributed by atoms with Crippen LogP contribution in [0.5, 0.6) is 0 Å². The van der Waals surface area contributed by atoms with Gasteiger partial charge >= 0.3 is 0 Å². The van der Waals surface area contributed by atoms with Gasteiger partial charge in [-0.15, -0.1) is 0 Å². The molecule has 0 bridgehead atoms. The molecule has 9 heteroatoms. The van der Waals surface area contributed by atoms with E-state index in [-0.39, 0.29) is 20.6 Å². The van der Waals surface area contributed by atoms with Crippen LogP contribution in [0.15, 0.2) is 35.7 Å². The predicted molar refractivity (Wildman–Crippen MR) is 82.1 cm³/mol. The molecule has 0 unspecified atom stereocenters. The molecular formula is C12H12Cl2N4O2S. The summed E-state index contributed by atoms with van der Waals surface area (Å²) in [5, 5.41) is 3.31. The molecule has 1 aromatic heterocycles. The molecule has 0 fully saturated rings. The van der Waals surface area contributed by atoms with Crippen molar-refractivity contribution in [2.45, 2.75) is 11.4 Å². The smallest absolute Gasteiger partial charge is 0.263 e. The highest BCUT2D eigenvalue weighted by molar-refractivity contribution is 7.92. The molecule has 0 amide bonds. The summed E-state index contributed by atoms with van der Waals surface area (Å²) in [6.45, 7) is 0.399. The van der Waals surface area contributed by atoms with E-state index in [1.165, 1.54) is 24.8 Å². The first-order valence-corrected chi connectivity index (χ1v) is 8.08. The van der Waals surface area contributed by atoms with Gasteiger partial charge in [0.05, 0.1) is 23.1 Å². The molecule has 2 N–H and O–H groups in total. The zero-order chi connectivity index (χ0) is 15.5. The molecule has 21 heavy (non-hydrogen) atoms. The lowest BCUT2D eigenvalue weighted by atomic mass is 10.2. The molecule has 0 spiro atoms. The van der Waals surface area contributed by atoms with Crippen molar-refractivity contribution in [3.8, 4) is 0 Å². The van der Waals surface area contributed by atoms with Gasteiger partial charge in [-0.2, -0.15) is 0 Å². The van der Waals surface area contributed by atoms with Gasteiger partial charge in [0.15, 0.2) is 0 Å². The third-order valence-corrected chi connectivity index (χ3v) is 4.73. The fraction of sp³-hybridized carbons (Fsp3) is 0.167. The van der Waals surface area contributed by atoms with Crippen LogP contribution in [0.2, 0.25) is 10.0 Å². The van der Waals surface area contributed by atoms with E-state index in [9.17, 15) is 8.42 Å². The summed E-state index contributed by atoms with van der Waals surface area (Å²) in [6, 6.07) is 2.92. The number of nitrogens with one attached hydrogen (secondary N) is 2. The van der Waals surface area contributed by atoms with Gasteiger partial charge in [0, 0.05) is 11.6 Å². The minimum atomic E-state index is -3.88. The van der Waals surface area contributed by atoms with Crippen molar-refractivity contribution in [3.63, 3.8) is 0 Å². The lowest BCUT2D eigenvalue weighted by Gasteiger charge is -2.12. The molecule has 112 valence electrons. The van der Waals surface area contributed by atoms with Crippen LogP contribution in [0.1, 0.15) is 5.56 Å². The average molecular weight is 347 g/mol. The van der Waals surface area contributed by atoms with Gasteiger partial charge in [0.2, 0.25) is 0 Å². The van der Waals surface area contributed by atoms with Crippen molar-refractivity contribution >= 4 is 38.9 Å². The Morgan fingerprint density at radius 2 is 1.86 bits per heavy atom. The van der Waals surface area contributed by atoms with Crippen molar-refractivity contribution in [2.24, 2.45) is 0 Å². The average Bonchev–Trinajstić information content (AvgIpc) is 2.43. The molecule has 0 saturated heterocycles. The topological polar surface area (TPSA) is 84.0 Å². The minimum Gasteiger partial charge on any atom is -0.316 e. The molecule has 0 aliphatic carbocycles. The van der Waals surface area contributed by atoms with E-state index >= 15 is 0 Å². The van der Waals surface area contributed by atoms with Crippen LogP contribution in [0.3, 0.4) is 0 Å². The number of sulfonamides is 1. The number of rotatable bonds is 5. The number of hydrogen-bond donors (Lipinski definition) is 2. The third-order valence-electron chi connectivity index (χ3n) is 2.55. The van der Waals surface area contributed by atoms with E-state index in [0.29, 0.717) is 12.1 Å². The Hall–Kier alpha value is -1.41. The van der Waals surface area contributed by atoms with Crippen LogP contribution < -0.4 is 10.0 Å². The summed E-state index contributed by atoms with van der Waals surface area (Å²) >= 11 is 12.1. The lowest BCUT2D eigenvalue weighted by Crippen LogP contribution is -2.15. The predicted octanol–water partition coefficient (Wildman–Crippen LogP) is 2.30. The van der Waals surface area contributed by atoms with Crippen LogP contribution in [-0.4, -0.2) is 25.4 Å². The van der Waals surface area contributed by atoms with E-state index in [1.54, 1.807) is 13.1 Å². The van der Waals surface area contributed by atoms with Gasteiger partial charge in [0.25, 0.3) is 10.0 Å². The fourth-order valence-corrected chi connectivity index (χ4v) is 3.66. The zero-order valence-electron chi connectivity index (χ0n) is 11.0. The van der Waals surface area contributed by atoms with Gasteiger partial charge in [-0.1, -0.05) is 23.2 Å². The highest BCUT2D eigenvalue weighted by atomic mass is 35.5. The van der Waals surface area contributed by atoms with Crippen molar-refractivity contribution in [1.29, 1.82) is 0 Å². The maximum atomic E-state index is 12.4. The Morgan fingerprint density at radius 1 is 1.19 bits per heavy atom. The lowest BCUT2D eigenvalue weighted by molar-refractivity contribution is 0.601. The van der Waals surface area contributed by atoms with Crippen LogP contribution >= 0.6 is 23.2 Å². The molecule has 0 saturated carbocycles. The Balaban J connectivity index is 2.45. The summed E-state index contributed by atoms with van der Waals surface area (Å²) in [5.41, 5.74) is 0.833. The maximum absolute atomic E-state index is 12.4. The van der Waals surface area contributed by atoms with Gasteiger partial charge in [0.1, 0.15) is 11.2 Å². The summed E-state index contributed by atoms with van der Waals surface area (Å²) in [7, 11) is -2.15. The number of nitrogens with zero attached hydrogens (tertiary/aromatic N) is 2. The van der Waals surface area contributed by atoms with Gasteiger partial charge in [-0.3, -0.25) is 4.72 Å². The highest BCUT2D eigenvalue weighted by Gasteiger charge is 2.21. The van der Waals surface area contributed by atoms with Crippen LogP contribution in [0.25, 0.3) is 0 Å². The van der Waals surface area contributed by atoms with Gasteiger partial charge in [-0.25, -0.2) is 18.4 Å². The summed E-state index contributed by atoms with van der Waals surface area (Å²) in [5.74, 6) is 0. The van der Waals surface area contributed by atoms with Crippen molar-refractivity contribution in [3.05, 3.63) is 46.5 Å². The van der Waals surface area contributed by atoms with E-state index in [2.05, 4.69) is 20.0 Å². The molecule has 0 aliphatic rings. The number of aromatic nitrogens is 2. The number of halogens is 2. The molecule has 2 rings (SSSR count). The van der Waals surface area contributed by atoms with Gasteiger partial charge < -0.3 is 5.32 Å². The van der Waals surface area contributed by atoms with Crippen LogP contribution in [-0.2, 0) is 16.6 Å². The molecule has 1 heterocycles. The second-order valence-electron chi connectivity index (χ2n) is 4.14. The number of benzene rings is 1. The molecule has 2 aromatic rings. The first-order valence-electron chi connectivity index (χ1n) is 5.84. The summed E-state index contributed by atoms with van der Waals surface area (Å²) in [6.07, 6.45) is 3.99. The maximum Gasteiger partial charge on any atom is 0.263 e. The van der Waals surface area contributed by atoms with Crippen molar-refractivity contribution in [1.82, 2.24) is 15.3 Å². The first kappa shape index (κ1) is 16.0. The summed E-state index contributed by atoms with van der Waals surface area (Å²) < 4.78 is 27.2. The minimum absolute atomic E-state index is 0.0919. The quantitative estimate of drug-likeness (QED) is 0.867. The normalized spacial score (nSPS) is 11.4.